The molecule has 1 saturated heterocycles. The van der Waals surface area contributed by atoms with Crippen LogP contribution in [0.5, 0.6) is 11.5 Å². The zero-order valence-electron chi connectivity index (χ0n) is 20.8. The minimum atomic E-state index is -0.452. The molecule has 3 aliphatic rings. The standard InChI is InChI=1S/C27H28FN7O3/c28-20-7-3-4-8-22(20)33-9-11-34(12-10-33)25(26-30-31-32-35(26)18-5-1-2-6-18)19-13-17-14-23-24(38-16-37-23)15-21(17)29-27(19)36/h3-4,7-8,13-15,18,25H,1-2,5-6,9-12,16H2,(H,29,36). The molecule has 2 aromatic carbocycles. The van der Waals surface area contributed by atoms with Crippen LogP contribution in [0.25, 0.3) is 10.9 Å². The second-order valence-corrected chi connectivity index (χ2v) is 10.1. The topological polar surface area (TPSA) is 101 Å². The van der Waals surface area contributed by atoms with Gasteiger partial charge in [0.1, 0.15) is 11.9 Å². The van der Waals surface area contributed by atoms with Gasteiger partial charge in [-0.05, 0) is 47.5 Å². The van der Waals surface area contributed by atoms with Crippen LogP contribution in [0.2, 0.25) is 0 Å². The highest BCUT2D eigenvalue weighted by molar-refractivity contribution is 5.83. The van der Waals surface area contributed by atoms with Gasteiger partial charge in [-0.3, -0.25) is 9.69 Å². The van der Waals surface area contributed by atoms with Gasteiger partial charge in [-0.1, -0.05) is 25.0 Å². The summed E-state index contributed by atoms with van der Waals surface area (Å²) in [5.41, 5.74) is 1.66. The first-order valence-corrected chi connectivity index (χ1v) is 13.1. The summed E-state index contributed by atoms with van der Waals surface area (Å²) >= 11 is 0. The molecule has 4 aromatic rings. The molecule has 11 heteroatoms. The summed E-state index contributed by atoms with van der Waals surface area (Å²) in [7, 11) is 0. The number of piperazine rings is 1. The maximum Gasteiger partial charge on any atom is 0.253 e. The van der Waals surface area contributed by atoms with Crippen LogP contribution in [0.3, 0.4) is 0 Å². The molecule has 2 aliphatic heterocycles. The molecule has 1 aliphatic carbocycles. The number of nitrogens with zero attached hydrogens (tertiary/aromatic N) is 6. The molecule has 0 radical (unpaired) electrons. The summed E-state index contributed by atoms with van der Waals surface area (Å²) < 4.78 is 27.5. The van der Waals surface area contributed by atoms with E-state index in [1.54, 1.807) is 18.2 Å². The molecule has 1 atom stereocenters. The molecule has 7 rings (SSSR count). The number of hydrogen-bond acceptors (Lipinski definition) is 8. The van der Waals surface area contributed by atoms with Gasteiger partial charge >= 0.3 is 0 Å². The Morgan fingerprint density at radius 1 is 1.00 bits per heavy atom. The number of ether oxygens (including phenoxy) is 2. The third-order valence-corrected chi connectivity index (χ3v) is 7.97. The Morgan fingerprint density at radius 3 is 2.55 bits per heavy atom. The molecule has 1 N–H and O–H groups in total. The van der Waals surface area contributed by atoms with Crippen LogP contribution in [0, 0.1) is 5.82 Å². The van der Waals surface area contributed by atoms with Gasteiger partial charge in [0.25, 0.3) is 5.56 Å². The van der Waals surface area contributed by atoms with Crippen molar-refractivity contribution in [3.8, 4) is 11.5 Å². The fourth-order valence-electron chi connectivity index (χ4n) is 6.03. The van der Waals surface area contributed by atoms with E-state index in [1.807, 2.05) is 27.8 Å². The van der Waals surface area contributed by atoms with E-state index in [4.69, 9.17) is 9.47 Å². The van der Waals surface area contributed by atoms with E-state index in [0.717, 1.165) is 31.1 Å². The highest BCUT2D eigenvalue weighted by atomic mass is 19.1. The number of pyridine rings is 1. The number of halogens is 1. The van der Waals surface area contributed by atoms with Gasteiger partial charge in [0.15, 0.2) is 17.3 Å². The third kappa shape index (κ3) is 3.97. The molecule has 0 bridgehead atoms. The van der Waals surface area contributed by atoms with Crippen molar-refractivity contribution in [3.63, 3.8) is 0 Å². The summed E-state index contributed by atoms with van der Waals surface area (Å²) in [6.07, 6.45) is 4.31. The Bertz CT molecular complexity index is 1540. The molecule has 2 aromatic heterocycles. The Labute approximate surface area is 218 Å². The van der Waals surface area contributed by atoms with Gasteiger partial charge in [-0.2, -0.15) is 0 Å². The average molecular weight is 518 g/mol. The fourth-order valence-corrected chi connectivity index (χ4v) is 6.03. The number of aromatic amines is 1. The maximum atomic E-state index is 14.5. The molecule has 4 heterocycles. The zero-order valence-corrected chi connectivity index (χ0v) is 20.8. The predicted octanol–water partition coefficient (Wildman–Crippen LogP) is 3.41. The molecule has 0 spiro atoms. The van der Waals surface area contributed by atoms with Crippen LogP contribution in [-0.2, 0) is 0 Å². The van der Waals surface area contributed by atoms with Crippen LogP contribution in [-0.4, -0.2) is 63.1 Å². The lowest BCUT2D eigenvalue weighted by Crippen LogP contribution is -2.49. The summed E-state index contributed by atoms with van der Waals surface area (Å²) in [6, 6.07) is 12.2. The minimum Gasteiger partial charge on any atom is -0.454 e. The number of anilines is 1. The van der Waals surface area contributed by atoms with Crippen LogP contribution in [0.1, 0.15) is 49.2 Å². The normalized spacial score (nSPS) is 18.9. The SMILES string of the molecule is O=c1[nH]c2cc3c(cc2cc1C(c1nnnn1C1CCCC1)N1CCN(c2ccccc2F)CC1)OCO3. The van der Waals surface area contributed by atoms with Gasteiger partial charge in [-0.25, -0.2) is 9.07 Å². The molecular formula is C27H28FN7O3. The van der Waals surface area contributed by atoms with Crippen LogP contribution in [0.4, 0.5) is 10.1 Å². The number of benzene rings is 2. The summed E-state index contributed by atoms with van der Waals surface area (Å²) in [5, 5.41) is 13.7. The largest absolute Gasteiger partial charge is 0.454 e. The first-order chi connectivity index (χ1) is 18.7. The number of nitrogens with one attached hydrogen (secondary N) is 1. The Hall–Kier alpha value is -3.99. The molecule has 1 unspecified atom stereocenters. The van der Waals surface area contributed by atoms with Crippen molar-refractivity contribution in [1.29, 1.82) is 0 Å². The maximum absolute atomic E-state index is 14.5. The molecule has 38 heavy (non-hydrogen) atoms. The van der Waals surface area contributed by atoms with Crippen molar-refractivity contribution in [3.05, 3.63) is 70.0 Å². The van der Waals surface area contributed by atoms with Gasteiger partial charge < -0.3 is 19.4 Å². The minimum absolute atomic E-state index is 0.161. The van der Waals surface area contributed by atoms with Gasteiger partial charge in [0.2, 0.25) is 6.79 Å². The van der Waals surface area contributed by atoms with E-state index in [1.165, 1.54) is 6.07 Å². The van der Waals surface area contributed by atoms with Gasteiger partial charge in [0.05, 0.1) is 17.2 Å². The van der Waals surface area contributed by atoms with Crippen molar-refractivity contribution in [2.75, 3.05) is 37.9 Å². The average Bonchev–Trinajstić information content (AvgIpc) is 3.71. The lowest BCUT2D eigenvalue weighted by Gasteiger charge is -2.39. The highest BCUT2D eigenvalue weighted by Crippen LogP contribution is 2.38. The second-order valence-electron chi connectivity index (χ2n) is 10.1. The third-order valence-electron chi connectivity index (χ3n) is 7.97. The molecule has 196 valence electrons. The predicted molar refractivity (Wildman–Crippen MR) is 138 cm³/mol. The zero-order chi connectivity index (χ0) is 25.6. The lowest BCUT2D eigenvalue weighted by molar-refractivity contribution is 0.174. The number of H-pyrrole nitrogens is 1. The van der Waals surface area contributed by atoms with E-state index in [-0.39, 0.29) is 24.2 Å². The number of rotatable bonds is 5. The number of fused-ring (bicyclic) bond motifs is 2. The summed E-state index contributed by atoms with van der Waals surface area (Å²) in [6.45, 7) is 2.64. The van der Waals surface area contributed by atoms with E-state index in [9.17, 15) is 9.18 Å². The second kappa shape index (κ2) is 9.39. The summed E-state index contributed by atoms with van der Waals surface area (Å²) in [4.78, 5) is 20.9. The molecule has 2 fully saturated rings. The van der Waals surface area contributed by atoms with Crippen molar-refractivity contribution in [1.82, 2.24) is 30.1 Å². The summed E-state index contributed by atoms with van der Waals surface area (Å²) in [5.74, 6) is 1.71. The molecule has 1 saturated carbocycles. The Morgan fingerprint density at radius 2 is 1.76 bits per heavy atom. The van der Waals surface area contributed by atoms with Crippen molar-refractivity contribution in [2.24, 2.45) is 0 Å². The fraction of sp³-hybridized carbons (Fsp3) is 0.407. The number of tetrazole rings is 1. The van der Waals surface area contributed by atoms with Crippen molar-refractivity contribution < 1.29 is 13.9 Å². The van der Waals surface area contributed by atoms with E-state index in [0.29, 0.717) is 60.3 Å². The first-order valence-electron chi connectivity index (χ1n) is 13.1. The molecular weight excluding hydrogens is 489 g/mol. The number of hydrogen-bond donors (Lipinski definition) is 1. The highest BCUT2D eigenvalue weighted by Gasteiger charge is 2.35. The number of aromatic nitrogens is 5. The Kier molecular flexibility index (Phi) is 5.72. The monoisotopic (exact) mass is 517 g/mol. The van der Waals surface area contributed by atoms with Crippen LogP contribution < -0.4 is 19.9 Å². The van der Waals surface area contributed by atoms with Crippen LogP contribution in [0.15, 0.2) is 47.3 Å². The quantitative estimate of drug-likeness (QED) is 0.430. The van der Waals surface area contributed by atoms with Crippen LogP contribution >= 0.6 is 0 Å². The van der Waals surface area contributed by atoms with E-state index >= 15 is 0 Å². The van der Waals surface area contributed by atoms with Crippen molar-refractivity contribution in [2.45, 2.75) is 37.8 Å². The molecule has 10 nitrogen and oxygen atoms in total. The van der Waals surface area contributed by atoms with Gasteiger partial charge in [-0.15, -0.1) is 5.10 Å². The Balaban J connectivity index is 1.29. The van der Waals surface area contributed by atoms with Gasteiger partial charge in [0, 0.05) is 43.2 Å². The van der Waals surface area contributed by atoms with E-state index < -0.39 is 6.04 Å². The number of para-hydroxylation sites is 1. The van der Waals surface area contributed by atoms with Crippen molar-refractivity contribution >= 4 is 16.6 Å². The molecule has 0 amide bonds. The van der Waals surface area contributed by atoms with E-state index in [2.05, 4.69) is 25.4 Å². The smallest absolute Gasteiger partial charge is 0.253 e. The first kappa shape index (κ1) is 23.2. The lowest BCUT2D eigenvalue weighted by atomic mass is 10.0.